The van der Waals surface area contributed by atoms with E-state index < -0.39 is 0 Å². The Balaban J connectivity index is 2.17. The van der Waals surface area contributed by atoms with Crippen molar-refractivity contribution in [2.45, 2.75) is 13.8 Å². The average Bonchev–Trinajstić information content (AvgIpc) is 2.39. The van der Waals surface area contributed by atoms with Gasteiger partial charge in [0.25, 0.3) is 5.91 Å². The van der Waals surface area contributed by atoms with Gasteiger partial charge in [0.15, 0.2) is 0 Å². The quantitative estimate of drug-likeness (QED) is 0.851. The van der Waals surface area contributed by atoms with Crippen molar-refractivity contribution in [1.82, 2.24) is 4.98 Å². The van der Waals surface area contributed by atoms with Crippen molar-refractivity contribution in [1.29, 1.82) is 0 Å². The molecule has 2 aromatic rings. The summed E-state index contributed by atoms with van der Waals surface area (Å²) in [5.74, 6) is -0.182. The molecular formula is C15H15N3OS. The minimum absolute atomic E-state index is 0.182. The smallest absolute Gasteiger partial charge is 0.257 e. The Labute approximate surface area is 123 Å². The molecule has 5 heteroatoms. The topological polar surface area (TPSA) is 68.0 Å². The Morgan fingerprint density at radius 3 is 2.35 bits per heavy atom. The summed E-state index contributed by atoms with van der Waals surface area (Å²) in [5, 5.41) is 2.82. The van der Waals surface area contributed by atoms with Crippen LogP contribution in [0.3, 0.4) is 0 Å². The van der Waals surface area contributed by atoms with E-state index in [0.717, 1.165) is 11.3 Å². The van der Waals surface area contributed by atoms with Crippen molar-refractivity contribution in [3.05, 3.63) is 58.9 Å². The highest BCUT2D eigenvalue weighted by Gasteiger charge is 2.10. The number of aryl methyl sites for hydroxylation is 2. The summed E-state index contributed by atoms with van der Waals surface area (Å²) >= 11 is 4.88. The number of rotatable bonds is 3. The van der Waals surface area contributed by atoms with E-state index in [2.05, 4.69) is 10.3 Å². The second-order valence-corrected chi connectivity index (χ2v) is 4.92. The van der Waals surface area contributed by atoms with Crippen molar-refractivity contribution in [2.75, 3.05) is 5.32 Å². The molecule has 0 bridgehead atoms. The fourth-order valence-electron chi connectivity index (χ4n) is 1.84. The summed E-state index contributed by atoms with van der Waals surface area (Å²) in [6.07, 6.45) is 0. The molecule has 0 aliphatic heterocycles. The number of pyridine rings is 1. The van der Waals surface area contributed by atoms with Gasteiger partial charge in [0.2, 0.25) is 0 Å². The molecule has 102 valence electrons. The van der Waals surface area contributed by atoms with Crippen molar-refractivity contribution >= 4 is 28.8 Å². The minimum atomic E-state index is -0.182. The zero-order valence-corrected chi connectivity index (χ0v) is 12.1. The van der Waals surface area contributed by atoms with E-state index in [1.54, 1.807) is 30.3 Å². The van der Waals surface area contributed by atoms with E-state index in [9.17, 15) is 4.79 Å². The van der Waals surface area contributed by atoms with Crippen molar-refractivity contribution < 1.29 is 4.79 Å². The first kappa shape index (κ1) is 14.1. The van der Waals surface area contributed by atoms with Crippen LogP contribution in [-0.4, -0.2) is 15.9 Å². The van der Waals surface area contributed by atoms with Gasteiger partial charge in [-0.15, -0.1) is 0 Å². The number of nitrogens with zero attached hydrogens (tertiary/aromatic N) is 1. The molecule has 1 heterocycles. The van der Waals surface area contributed by atoms with Crippen molar-refractivity contribution in [3.63, 3.8) is 0 Å². The lowest BCUT2D eigenvalue weighted by Gasteiger charge is -2.08. The van der Waals surface area contributed by atoms with Crippen LogP contribution in [0, 0.1) is 13.8 Å². The molecule has 0 saturated heterocycles. The molecule has 0 saturated carbocycles. The molecule has 3 N–H and O–H groups in total. The SMILES string of the molecule is Cc1ccc(C(=O)Nc2ccc(C(N)=S)cc2)c(C)n1. The lowest BCUT2D eigenvalue weighted by Crippen LogP contribution is -2.15. The molecule has 0 aliphatic rings. The van der Waals surface area contributed by atoms with Gasteiger partial charge in [-0.25, -0.2) is 0 Å². The largest absolute Gasteiger partial charge is 0.389 e. The van der Waals surface area contributed by atoms with Crippen LogP contribution in [0.4, 0.5) is 5.69 Å². The van der Waals surface area contributed by atoms with Crippen LogP contribution in [0.5, 0.6) is 0 Å². The second kappa shape index (κ2) is 5.79. The number of anilines is 1. The summed E-state index contributed by atoms with van der Waals surface area (Å²) < 4.78 is 0. The first-order chi connectivity index (χ1) is 9.47. The van der Waals surface area contributed by atoms with E-state index in [-0.39, 0.29) is 5.91 Å². The molecule has 4 nitrogen and oxygen atoms in total. The minimum Gasteiger partial charge on any atom is -0.389 e. The van der Waals surface area contributed by atoms with Crippen LogP contribution >= 0.6 is 12.2 Å². The number of nitrogens with one attached hydrogen (secondary N) is 1. The van der Waals surface area contributed by atoms with Gasteiger partial charge in [0.1, 0.15) is 4.99 Å². The van der Waals surface area contributed by atoms with Crippen LogP contribution in [0.25, 0.3) is 0 Å². The third-order valence-electron chi connectivity index (χ3n) is 2.90. The molecule has 1 aromatic carbocycles. The van der Waals surface area contributed by atoms with E-state index in [1.807, 2.05) is 19.9 Å². The Morgan fingerprint density at radius 1 is 1.15 bits per heavy atom. The average molecular weight is 285 g/mol. The van der Waals surface area contributed by atoms with E-state index in [1.165, 1.54) is 0 Å². The number of benzene rings is 1. The number of nitrogens with two attached hydrogens (primary N) is 1. The highest BCUT2D eigenvalue weighted by Crippen LogP contribution is 2.13. The molecule has 1 aromatic heterocycles. The van der Waals surface area contributed by atoms with Gasteiger partial charge < -0.3 is 11.1 Å². The van der Waals surface area contributed by atoms with Crippen LogP contribution in [0.2, 0.25) is 0 Å². The van der Waals surface area contributed by atoms with E-state index in [4.69, 9.17) is 18.0 Å². The Bertz CT molecular complexity index is 665. The standard InChI is InChI=1S/C15H15N3OS/c1-9-3-8-13(10(2)17-9)15(19)18-12-6-4-11(5-7-12)14(16)20/h3-8H,1-2H3,(H2,16,20)(H,18,19). The maximum atomic E-state index is 12.2. The second-order valence-electron chi connectivity index (χ2n) is 4.48. The molecule has 0 radical (unpaired) electrons. The van der Waals surface area contributed by atoms with Gasteiger partial charge in [0, 0.05) is 16.9 Å². The van der Waals surface area contributed by atoms with E-state index in [0.29, 0.717) is 21.9 Å². The summed E-state index contributed by atoms with van der Waals surface area (Å²) in [5.41, 5.74) is 9.15. The van der Waals surface area contributed by atoms with Gasteiger partial charge in [-0.2, -0.15) is 0 Å². The highest BCUT2D eigenvalue weighted by molar-refractivity contribution is 7.80. The highest BCUT2D eigenvalue weighted by atomic mass is 32.1. The number of thiocarbonyl (C=S) groups is 1. The first-order valence-corrected chi connectivity index (χ1v) is 6.53. The van der Waals surface area contributed by atoms with Gasteiger partial charge in [0.05, 0.1) is 11.3 Å². The lowest BCUT2D eigenvalue weighted by atomic mass is 10.1. The molecule has 0 unspecified atom stereocenters. The molecule has 0 aliphatic carbocycles. The third-order valence-corrected chi connectivity index (χ3v) is 3.13. The lowest BCUT2D eigenvalue weighted by molar-refractivity contribution is 0.102. The molecule has 2 rings (SSSR count). The molecule has 20 heavy (non-hydrogen) atoms. The summed E-state index contributed by atoms with van der Waals surface area (Å²) in [4.78, 5) is 16.8. The van der Waals surface area contributed by atoms with Gasteiger partial charge in [-0.1, -0.05) is 12.2 Å². The molecule has 0 fully saturated rings. The number of amides is 1. The molecular weight excluding hydrogens is 270 g/mol. The van der Waals surface area contributed by atoms with Crippen LogP contribution < -0.4 is 11.1 Å². The normalized spacial score (nSPS) is 10.1. The zero-order valence-electron chi connectivity index (χ0n) is 11.3. The fourth-order valence-corrected chi connectivity index (χ4v) is 1.98. The first-order valence-electron chi connectivity index (χ1n) is 6.13. The van der Waals surface area contributed by atoms with Gasteiger partial charge >= 0.3 is 0 Å². The van der Waals surface area contributed by atoms with Crippen LogP contribution in [-0.2, 0) is 0 Å². The summed E-state index contributed by atoms with van der Waals surface area (Å²) in [6, 6.07) is 10.7. The van der Waals surface area contributed by atoms with Crippen molar-refractivity contribution in [2.24, 2.45) is 5.73 Å². The summed E-state index contributed by atoms with van der Waals surface area (Å²) in [6.45, 7) is 3.71. The number of hydrogen-bond donors (Lipinski definition) is 2. The van der Waals surface area contributed by atoms with Crippen LogP contribution in [0.1, 0.15) is 27.3 Å². The van der Waals surface area contributed by atoms with E-state index >= 15 is 0 Å². The number of carbonyl (C=O) groups is 1. The van der Waals surface area contributed by atoms with Crippen molar-refractivity contribution in [3.8, 4) is 0 Å². The Kier molecular flexibility index (Phi) is 4.10. The predicted molar refractivity (Wildman–Crippen MR) is 84.0 cm³/mol. The monoisotopic (exact) mass is 285 g/mol. The maximum Gasteiger partial charge on any atom is 0.257 e. The third kappa shape index (κ3) is 3.19. The van der Waals surface area contributed by atoms with Gasteiger partial charge in [-0.05, 0) is 50.2 Å². The maximum absolute atomic E-state index is 12.2. The fraction of sp³-hybridized carbons (Fsp3) is 0.133. The number of aromatic nitrogens is 1. The van der Waals surface area contributed by atoms with Crippen LogP contribution in [0.15, 0.2) is 36.4 Å². The summed E-state index contributed by atoms with van der Waals surface area (Å²) in [7, 11) is 0. The Morgan fingerprint density at radius 2 is 1.80 bits per heavy atom. The van der Waals surface area contributed by atoms with Gasteiger partial charge in [-0.3, -0.25) is 9.78 Å². The predicted octanol–water partition coefficient (Wildman–Crippen LogP) is 2.58. The number of carbonyl (C=O) groups excluding carboxylic acids is 1. The molecule has 1 amide bonds. The molecule has 0 atom stereocenters. The zero-order chi connectivity index (χ0) is 14.7. The Hall–Kier alpha value is -2.27. The number of hydrogen-bond acceptors (Lipinski definition) is 3. The molecule has 0 spiro atoms.